The fourth-order valence-electron chi connectivity index (χ4n) is 0.975. The Labute approximate surface area is 86.0 Å². The summed E-state index contributed by atoms with van der Waals surface area (Å²) >= 11 is 3.36. The van der Waals surface area contributed by atoms with Crippen LogP contribution in [0.1, 0.15) is 18.1 Å². The number of ether oxygens (including phenoxy) is 1. The Morgan fingerprint density at radius 1 is 1.54 bits per heavy atom. The second kappa shape index (κ2) is 4.42. The van der Waals surface area contributed by atoms with Crippen molar-refractivity contribution in [1.82, 2.24) is 0 Å². The zero-order valence-corrected chi connectivity index (χ0v) is 9.22. The summed E-state index contributed by atoms with van der Waals surface area (Å²) in [4.78, 5) is 10.6. The molecular formula is C10H11BrO2. The number of hydrogen-bond donors (Lipinski definition) is 0. The molecule has 0 atom stereocenters. The third-order valence-corrected chi connectivity index (χ3v) is 2.24. The third kappa shape index (κ3) is 3.19. The molecule has 3 heteroatoms. The van der Waals surface area contributed by atoms with Gasteiger partial charge in [-0.15, -0.1) is 0 Å². The van der Waals surface area contributed by atoms with E-state index in [1.54, 1.807) is 0 Å². The van der Waals surface area contributed by atoms with Gasteiger partial charge in [-0.2, -0.15) is 0 Å². The number of esters is 1. The lowest BCUT2D eigenvalue weighted by Gasteiger charge is -2.05. The van der Waals surface area contributed by atoms with Gasteiger partial charge in [-0.3, -0.25) is 4.79 Å². The Balaban J connectivity index is 2.75. The summed E-state index contributed by atoms with van der Waals surface area (Å²) in [5.74, 6) is -0.251. The highest BCUT2D eigenvalue weighted by molar-refractivity contribution is 9.10. The van der Waals surface area contributed by atoms with Crippen molar-refractivity contribution >= 4 is 21.9 Å². The van der Waals surface area contributed by atoms with Crippen molar-refractivity contribution in [3.05, 3.63) is 33.8 Å². The summed E-state index contributed by atoms with van der Waals surface area (Å²) in [5, 5.41) is 0. The first-order chi connectivity index (χ1) is 6.09. The molecule has 0 aliphatic rings. The maximum Gasteiger partial charge on any atom is 0.302 e. The minimum Gasteiger partial charge on any atom is -0.461 e. The summed E-state index contributed by atoms with van der Waals surface area (Å²) in [6.07, 6.45) is 0. The molecule has 0 aliphatic carbocycles. The van der Waals surface area contributed by atoms with Gasteiger partial charge in [0.2, 0.25) is 0 Å². The minimum absolute atomic E-state index is 0.251. The van der Waals surface area contributed by atoms with Crippen LogP contribution in [0.2, 0.25) is 0 Å². The van der Waals surface area contributed by atoms with Gasteiger partial charge < -0.3 is 4.74 Å². The number of benzene rings is 1. The van der Waals surface area contributed by atoms with E-state index >= 15 is 0 Å². The molecule has 0 radical (unpaired) electrons. The smallest absolute Gasteiger partial charge is 0.302 e. The van der Waals surface area contributed by atoms with Gasteiger partial charge in [-0.1, -0.05) is 22.0 Å². The fraction of sp³-hybridized carbons (Fsp3) is 0.300. The second-order valence-electron chi connectivity index (χ2n) is 2.85. The van der Waals surface area contributed by atoms with Gasteiger partial charge in [0, 0.05) is 11.4 Å². The van der Waals surface area contributed by atoms with E-state index in [0.717, 1.165) is 15.6 Å². The molecule has 0 saturated carbocycles. The molecule has 0 bridgehead atoms. The average Bonchev–Trinajstić information content (AvgIpc) is 2.06. The van der Waals surface area contributed by atoms with Crippen LogP contribution < -0.4 is 0 Å². The van der Waals surface area contributed by atoms with Gasteiger partial charge in [-0.25, -0.2) is 0 Å². The molecule has 2 nitrogen and oxygen atoms in total. The minimum atomic E-state index is -0.251. The van der Waals surface area contributed by atoms with E-state index in [-0.39, 0.29) is 5.97 Å². The van der Waals surface area contributed by atoms with Crippen LogP contribution in [0.5, 0.6) is 0 Å². The molecule has 0 aromatic heterocycles. The lowest BCUT2D eigenvalue weighted by Crippen LogP contribution is -2.00. The molecule has 1 rings (SSSR count). The number of carbonyl (C=O) groups excluding carboxylic acids is 1. The van der Waals surface area contributed by atoms with E-state index in [1.165, 1.54) is 6.92 Å². The van der Waals surface area contributed by atoms with E-state index in [0.29, 0.717) is 6.61 Å². The average molecular weight is 243 g/mol. The van der Waals surface area contributed by atoms with Crippen LogP contribution in [0.3, 0.4) is 0 Å². The van der Waals surface area contributed by atoms with Gasteiger partial charge in [0.25, 0.3) is 0 Å². The Bertz CT molecular complexity index is 321. The molecular weight excluding hydrogens is 232 g/mol. The second-order valence-corrected chi connectivity index (χ2v) is 3.77. The summed E-state index contributed by atoms with van der Waals surface area (Å²) in [7, 11) is 0. The number of halogens is 1. The summed E-state index contributed by atoms with van der Waals surface area (Å²) < 4.78 is 5.90. The van der Waals surface area contributed by atoms with Crippen molar-refractivity contribution in [1.29, 1.82) is 0 Å². The van der Waals surface area contributed by atoms with Gasteiger partial charge >= 0.3 is 5.97 Å². The lowest BCUT2D eigenvalue weighted by atomic mass is 10.1. The number of aryl methyl sites for hydroxylation is 1. The summed E-state index contributed by atoms with van der Waals surface area (Å²) in [6.45, 7) is 3.75. The molecule has 0 aliphatic heterocycles. The Hall–Kier alpha value is -0.830. The predicted octanol–water partition coefficient (Wildman–Crippen LogP) is 2.82. The number of carbonyl (C=O) groups is 1. The molecule has 0 heterocycles. The van der Waals surface area contributed by atoms with Crippen molar-refractivity contribution in [2.45, 2.75) is 20.5 Å². The van der Waals surface area contributed by atoms with Crippen LogP contribution in [-0.4, -0.2) is 5.97 Å². The van der Waals surface area contributed by atoms with E-state index in [9.17, 15) is 4.79 Å². The van der Waals surface area contributed by atoms with Crippen LogP contribution in [0, 0.1) is 6.92 Å². The number of rotatable bonds is 2. The quantitative estimate of drug-likeness (QED) is 0.746. The van der Waals surface area contributed by atoms with Crippen LogP contribution >= 0.6 is 15.9 Å². The zero-order chi connectivity index (χ0) is 9.84. The first-order valence-electron chi connectivity index (χ1n) is 3.98. The van der Waals surface area contributed by atoms with E-state index < -0.39 is 0 Å². The molecule has 0 amide bonds. The van der Waals surface area contributed by atoms with Gasteiger partial charge in [-0.05, 0) is 30.2 Å². The topological polar surface area (TPSA) is 26.3 Å². The summed E-state index contributed by atoms with van der Waals surface area (Å²) in [5.41, 5.74) is 2.16. The Morgan fingerprint density at radius 3 is 2.85 bits per heavy atom. The first kappa shape index (κ1) is 10.3. The predicted molar refractivity (Wildman–Crippen MR) is 54.3 cm³/mol. The van der Waals surface area contributed by atoms with E-state index in [2.05, 4.69) is 15.9 Å². The summed E-state index contributed by atoms with van der Waals surface area (Å²) in [6, 6.07) is 5.91. The maximum atomic E-state index is 10.6. The van der Waals surface area contributed by atoms with Crippen LogP contribution in [0.4, 0.5) is 0 Å². The molecule has 13 heavy (non-hydrogen) atoms. The Kier molecular flexibility index (Phi) is 3.48. The highest BCUT2D eigenvalue weighted by atomic mass is 79.9. The lowest BCUT2D eigenvalue weighted by molar-refractivity contribution is -0.142. The molecule has 0 fully saturated rings. The molecule has 1 aromatic carbocycles. The Morgan fingerprint density at radius 2 is 2.23 bits per heavy atom. The van der Waals surface area contributed by atoms with E-state index in [4.69, 9.17) is 4.74 Å². The monoisotopic (exact) mass is 242 g/mol. The molecule has 1 aromatic rings. The third-order valence-electron chi connectivity index (χ3n) is 1.74. The van der Waals surface area contributed by atoms with Gasteiger partial charge in [0.05, 0.1) is 0 Å². The van der Waals surface area contributed by atoms with Crippen LogP contribution in [-0.2, 0) is 16.1 Å². The van der Waals surface area contributed by atoms with Crippen molar-refractivity contribution in [2.24, 2.45) is 0 Å². The fourth-order valence-corrected chi connectivity index (χ4v) is 1.38. The molecule has 0 saturated heterocycles. The van der Waals surface area contributed by atoms with Crippen molar-refractivity contribution in [2.75, 3.05) is 0 Å². The molecule has 0 unspecified atom stereocenters. The first-order valence-corrected chi connectivity index (χ1v) is 4.77. The van der Waals surface area contributed by atoms with Crippen LogP contribution in [0.25, 0.3) is 0 Å². The van der Waals surface area contributed by atoms with Crippen molar-refractivity contribution in [3.63, 3.8) is 0 Å². The largest absolute Gasteiger partial charge is 0.461 e. The highest BCUT2D eigenvalue weighted by Crippen LogP contribution is 2.16. The van der Waals surface area contributed by atoms with Crippen LogP contribution in [0.15, 0.2) is 22.7 Å². The molecule has 70 valence electrons. The normalized spacial score (nSPS) is 9.77. The van der Waals surface area contributed by atoms with Crippen molar-refractivity contribution < 1.29 is 9.53 Å². The maximum absolute atomic E-state index is 10.6. The molecule has 0 spiro atoms. The zero-order valence-electron chi connectivity index (χ0n) is 7.63. The van der Waals surface area contributed by atoms with Gasteiger partial charge in [0.15, 0.2) is 0 Å². The SMILES string of the molecule is CC(=O)OCc1cc(Br)ccc1C. The van der Waals surface area contributed by atoms with Crippen molar-refractivity contribution in [3.8, 4) is 0 Å². The van der Waals surface area contributed by atoms with Gasteiger partial charge in [0.1, 0.15) is 6.61 Å². The molecule has 0 N–H and O–H groups in total. The number of hydrogen-bond acceptors (Lipinski definition) is 2. The highest BCUT2D eigenvalue weighted by Gasteiger charge is 2.00. The standard InChI is InChI=1S/C10H11BrO2/c1-7-3-4-10(11)5-9(7)6-13-8(2)12/h3-5H,6H2,1-2H3. The van der Waals surface area contributed by atoms with E-state index in [1.807, 2.05) is 25.1 Å².